The summed E-state index contributed by atoms with van der Waals surface area (Å²) in [6.45, 7) is 5.18. The van der Waals surface area contributed by atoms with E-state index in [4.69, 9.17) is 26.8 Å². The standard InChI is InChI=1S/C6H11NO4.C6H13NO2/c1-3(5(8)9)2-4(7)6(10)11;1-3-4(2)5(7)6(8)9/h3-4H,2,7H2,1H3,(H,8,9)(H,10,11);4-5H,3,7H2,1-2H3,(H,8,9)/t3?,4-;4-,5-/m00/s1. The third kappa shape index (κ3) is 9.29. The molecule has 0 aromatic heterocycles. The predicted octanol–water partition coefficient (Wildman–Crippen LogP) is -0.0465. The van der Waals surface area contributed by atoms with Crippen LogP contribution in [0.1, 0.15) is 33.6 Å². The van der Waals surface area contributed by atoms with Gasteiger partial charge in [-0.25, -0.2) is 0 Å². The van der Waals surface area contributed by atoms with Crippen LogP contribution in [0.15, 0.2) is 0 Å². The van der Waals surface area contributed by atoms with E-state index in [2.05, 4.69) is 0 Å². The van der Waals surface area contributed by atoms with Crippen LogP contribution >= 0.6 is 0 Å². The molecular formula is C12H24N2O6. The number of hydrogen-bond donors (Lipinski definition) is 5. The lowest BCUT2D eigenvalue weighted by atomic mass is 10.0. The third-order valence-electron chi connectivity index (χ3n) is 2.89. The topological polar surface area (TPSA) is 164 Å². The molecule has 0 aliphatic heterocycles. The molecule has 7 N–H and O–H groups in total. The first-order valence-electron chi connectivity index (χ1n) is 6.24. The van der Waals surface area contributed by atoms with Crippen LogP contribution in [-0.4, -0.2) is 45.3 Å². The average Bonchev–Trinajstić information content (AvgIpc) is 2.36. The maximum atomic E-state index is 10.2. The number of nitrogens with two attached hydrogens (primary N) is 2. The van der Waals surface area contributed by atoms with Gasteiger partial charge in [0.15, 0.2) is 0 Å². The number of carboxylic acids is 3. The molecule has 0 aliphatic rings. The molecule has 0 aromatic rings. The lowest BCUT2D eigenvalue weighted by Crippen LogP contribution is -2.36. The number of carbonyl (C=O) groups is 3. The van der Waals surface area contributed by atoms with Crippen LogP contribution < -0.4 is 11.5 Å². The maximum Gasteiger partial charge on any atom is 0.320 e. The van der Waals surface area contributed by atoms with Crippen LogP contribution in [0, 0.1) is 11.8 Å². The summed E-state index contributed by atoms with van der Waals surface area (Å²) in [5.41, 5.74) is 10.4. The zero-order valence-corrected chi connectivity index (χ0v) is 11.9. The summed E-state index contributed by atoms with van der Waals surface area (Å²) in [5.74, 6) is -3.74. The molecule has 0 rings (SSSR count). The Labute approximate surface area is 117 Å². The predicted molar refractivity (Wildman–Crippen MR) is 72.1 cm³/mol. The van der Waals surface area contributed by atoms with Gasteiger partial charge < -0.3 is 26.8 Å². The highest BCUT2D eigenvalue weighted by atomic mass is 16.4. The number of rotatable bonds is 7. The first-order valence-corrected chi connectivity index (χ1v) is 6.24. The van der Waals surface area contributed by atoms with Crippen molar-refractivity contribution in [3.8, 4) is 0 Å². The molecule has 20 heavy (non-hydrogen) atoms. The quantitative estimate of drug-likeness (QED) is 0.436. The van der Waals surface area contributed by atoms with Gasteiger partial charge in [0.25, 0.3) is 0 Å². The Morgan fingerprint density at radius 2 is 1.40 bits per heavy atom. The molecule has 0 saturated heterocycles. The second-order valence-corrected chi connectivity index (χ2v) is 4.67. The molecule has 0 aliphatic carbocycles. The Bertz CT molecular complexity index is 316. The van der Waals surface area contributed by atoms with E-state index >= 15 is 0 Å². The normalized spacial score (nSPS) is 16.1. The number of aliphatic carboxylic acids is 3. The maximum absolute atomic E-state index is 10.2. The van der Waals surface area contributed by atoms with Crippen molar-refractivity contribution in [1.82, 2.24) is 0 Å². The molecule has 0 bridgehead atoms. The van der Waals surface area contributed by atoms with E-state index in [0.29, 0.717) is 0 Å². The molecule has 0 aromatic carbocycles. The molecule has 0 saturated carbocycles. The smallest absolute Gasteiger partial charge is 0.320 e. The molecular weight excluding hydrogens is 268 g/mol. The highest BCUT2D eigenvalue weighted by molar-refractivity contribution is 5.75. The van der Waals surface area contributed by atoms with Gasteiger partial charge in [-0.15, -0.1) is 0 Å². The van der Waals surface area contributed by atoms with Crippen molar-refractivity contribution in [2.45, 2.75) is 45.7 Å². The fourth-order valence-corrected chi connectivity index (χ4v) is 1.08. The van der Waals surface area contributed by atoms with Gasteiger partial charge in [0.05, 0.1) is 5.92 Å². The van der Waals surface area contributed by atoms with E-state index in [1.54, 1.807) is 0 Å². The van der Waals surface area contributed by atoms with E-state index in [1.807, 2.05) is 13.8 Å². The SMILES string of the molecule is CC(C[C@H](N)C(=O)O)C(=O)O.CC[C@H](C)[C@H](N)C(=O)O. The molecule has 4 atom stereocenters. The number of hydrogen-bond acceptors (Lipinski definition) is 5. The summed E-state index contributed by atoms with van der Waals surface area (Å²) in [7, 11) is 0. The van der Waals surface area contributed by atoms with Gasteiger partial charge in [-0.3, -0.25) is 14.4 Å². The minimum absolute atomic E-state index is 0.0370. The van der Waals surface area contributed by atoms with Gasteiger partial charge in [0, 0.05) is 0 Å². The van der Waals surface area contributed by atoms with Gasteiger partial charge >= 0.3 is 17.9 Å². The highest BCUT2D eigenvalue weighted by Gasteiger charge is 2.19. The van der Waals surface area contributed by atoms with Crippen molar-refractivity contribution in [1.29, 1.82) is 0 Å². The second kappa shape index (κ2) is 10.2. The summed E-state index contributed by atoms with van der Waals surface area (Å²) in [6, 6.07) is -1.78. The minimum atomic E-state index is -1.17. The Morgan fingerprint density at radius 1 is 0.950 bits per heavy atom. The molecule has 8 heteroatoms. The van der Waals surface area contributed by atoms with Gasteiger partial charge in [0.2, 0.25) is 0 Å². The molecule has 118 valence electrons. The van der Waals surface area contributed by atoms with Crippen LogP contribution in [0.5, 0.6) is 0 Å². The van der Waals surface area contributed by atoms with E-state index in [0.717, 1.165) is 6.42 Å². The first-order chi connectivity index (χ1) is 9.04. The molecule has 0 amide bonds. The summed E-state index contributed by atoms with van der Waals surface area (Å²) in [6.07, 6.45) is 0.776. The van der Waals surface area contributed by atoms with Gasteiger partial charge in [-0.2, -0.15) is 0 Å². The van der Waals surface area contributed by atoms with Gasteiger partial charge in [-0.1, -0.05) is 27.2 Å². The molecule has 8 nitrogen and oxygen atoms in total. The van der Waals surface area contributed by atoms with E-state index in [9.17, 15) is 14.4 Å². The van der Waals surface area contributed by atoms with Crippen LogP contribution in [0.4, 0.5) is 0 Å². The van der Waals surface area contributed by atoms with Crippen LogP contribution in [-0.2, 0) is 14.4 Å². The first kappa shape index (κ1) is 20.6. The van der Waals surface area contributed by atoms with E-state index in [-0.39, 0.29) is 12.3 Å². The fourth-order valence-electron chi connectivity index (χ4n) is 1.08. The van der Waals surface area contributed by atoms with Crippen molar-refractivity contribution >= 4 is 17.9 Å². The van der Waals surface area contributed by atoms with Crippen molar-refractivity contribution < 1.29 is 29.7 Å². The summed E-state index contributed by atoms with van der Waals surface area (Å²) < 4.78 is 0. The Hall–Kier alpha value is -1.67. The molecule has 0 heterocycles. The Kier molecular flexibility index (Phi) is 10.5. The van der Waals surface area contributed by atoms with E-state index in [1.165, 1.54) is 6.92 Å². The zero-order chi connectivity index (χ0) is 16.5. The van der Waals surface area contributed by atoms with Crippen molar-refractivity contribution in [3.05, 3.63) is 0 Å². The molecule has 0 spiro atoms. The molecule has 0 radical (unpaired) electrons. The summed E-state index contributed by atoms with van der Waals surface area (Å²) in [4.78, 5) is 30.5. The largest absolute Gasteiger partial charge is 0.481 e. The summed E-state index contributed by atoms with van der Waals surface area (Å²) in [5, 5.41) is 25.0. The molecule has 0 fully saturated rings. The Balaban J connectivity index is 0. The lowest BCUT2D eigenvalue weighted by molar-refractivity contribution is -0.143. The van der Waals surface area contributed by atoms with Crippen LogP contribution in [0.3, 0.4) is 0 Å². The monoisotopic (exact) mass is 292 g/mol. The highest BCUT2D eigenvalue weighted by Crippen LogP contribution is 2.04. The third-order valence-corrected chi connectivity index (χ3v) is 2.89. The Morgan fingerprint density at radius 3 is 1.60 bits per heavy atom. The zero-order valence-electron chi connectivity index (χ0n) is 11.9. The lowest BCUT2D eigenvalue weighted by Gasteiger charge is -2.11. The van der Waals surface area contributed by atoms with Gasteiger partial charge in [-0.05, 0) is 12.3 Å². The fraction of sp³-hybridized carbons (Fsp3) is 0.750. The average molecular weight is 292 g/mol. The van der Waals surface area contributed by atoms with Crippen molar-refractivity contribution in [2.75, 3.05) is 0 Å². The van der Waals surface area contributed by atoms with E-state index < -0.39 is 35.9 Å². The number of carboxylic acid groups (broad SMARTS) is 3. The minimum Gasteiger partial charge on any atom is -0.481 e. The van der Waals surface area contributed by atoms with Crippen LogP contribution in [0.2, 0.25) is 0 Å². The second-order valence-electron chi connectivity index (χ2n) is 4.67. The van der Waals surface area contributed by atoms with Crippen molar-refractivity contribution in [2.24, 2.45) is 23.3 Å². The van der Waals surface area contributed by atoms with Crippen molar-refractivity contribution in [3.63, 3.8) is 0 Å². The van der Waals surface area contributed by atoms with Crippen LogP contribution in [0.25, 0.3) is 0 Å². The summed E-state index contributed by atoms with van der Waals surface area (Å²) >= 11 is 0. The van der Waals surface area contributed by atoms with Gasteiger partial charge in [0.1, 0.15) is 12.1 Å². The molecule has 1 unspecified atom stereocenters.